The second-order valence-electron chi connectivity index (χ2n) is 4.87. The zero-order chi connectivity index (χ0) is 15.2. The summed E-state index contributed by atoms with van der Waals surface area (Å²) in [5.41, 5.74) is 2.09. The van der Waals surface area contributed by atoms with Crippen molar-refractivity contribution in [3.63, 3.8) is 0 Å². The van der Waals surface area contributed by atoms with Crippen LogP contribution in [-0.4, -0.2) is 17.4 Å². The van der Waals surface area contributed by atoms with E-state index in [0.717, 1.165) is 5.56 Å². The van der Waals surface area contributed by atoms with E-state index in [2.05, 4.69) is 4.98 Å². The van der Waals surface area contributed by atoms with Crippen LogP contribution in [0.4, 0.5) is 0 Å². The average molecular weight is 321 g/mol. The lowest BCUT2D eigenvalue weighted by Crippen LogP contribution is -2.14. The minimum absolute atomic E-state index is 0.232. The van der Waals surface area contributed by atoms with Crippen molar-refractivity contribution in [2.24, 2.45) is 0 Å². The van der Waals surface area contributed by atoms with Crippen LogP contribution in [0.5, 0.6) is 0 Å². The number of hydrogen-bond acceptors (Lipinski definition) is 3. The molecule has 2 aromatic carbocycles. The molecule has 0 aliphatic heterocycles. The minimum Gasteiger partial charge on any atom is -0.232 e. The van der Waals surface area contributed by atoms with Gasteiger partial charge in [-0.25, -0.2) is 17.4 Å². The number of benzene rings is 2. The van der Waals surface area contributed by atoms with E-state index in [4.69, 9.17) is 11.6 Å². The van der Waals surface area contributed by atoms with Crippen LogP contribution in [0.3, 0.4) is 0 Å². The topological polar surface area (TPSA) is 52.0 Å². The van der Waals surface area contributed by atoms with Gasteiger partial charge in [-0.3, -0.25) is 0 Å². The van der Waals surface area contributed by atoms with E-state index < -0.39 is 10.0 Å². The third-order valence-corrected chi connectivity index (χ3v) is 5.34. The minimum atomic E-state index is -3.69. The lowest BCUT2D eigenvalue weighted by atomic mass is 10.2. The van der Waals surface area contributed by atoms with Gasteiger partial charge >= 0.3 is 0 Å². The predicted octanol–water partition coefficient (Wildman–Crippen LogP) is 3.54. The second kappa shape index (κ2) is 4.86. The van der Waals surface area contributed by atoms with Gasteiger partial charge in [-0.05, 0) is 44.2 Å². The van der Waals surface area contributed by atoms with E-state index in [9.17, 15) is 8.42 Å². The van der Waals surface area contributed by atoms with E-state index in [1.165, 1.54) is 3.97 Å². The van der Waals surface area contributed by atoms with Gasteiger partial charge in [-0.15, -0.1) is 0 Å². The highest BCUT2D eigenvalue weighted by atomic mass is 35.5. The molecule has 0 bridgehead atoms. The van der Waals surface area contributed by atoms with Crippen molar-refractivity contribution in [1.29, 1.82) is 0 Å². The normalized spacial score (nSPS) is 12.0. The Bertz CT molecular complexity index is 928. The van der Waals surface area contributed by atoms with Crippen LogP contribution in [0.25, 0.3) is 11.0 Å². The number of halogens is 1. The second-order valence-corrected chi connectivity index (χ2v) is 7.10. The third kappa shape index (κ3) is 2.32. The van der Waals surface area contributed by atoms with Crippen molar-refractivity contribution < 1.29 is 8.42 Å². The Labute approximate surface area is 128 Å². The summed E-state index contributed by atoms with van der Waals surface area (Å²) in [6.07, 6.45) is 0. The molecule has 21 heavy (non-hydrogen) atoms. The molecular weight excluding hydrogens is 308 g/mol. The number of fused-ring (bicyclic) bond motifs is 1. The zero-order valence-electron chi connectivity index (χ0n) is 11.5. The Morgan fingerprint density at radius 3 is 2.38 bits per heavy atom. The van der Waals surface area contributed by atoms with Crippen molar-refractivity contribution in [2.45, 2.75) is 18.7 Å². The highest BCUT2D eigenvalue weighted by Gasteiger charge is 2.22. The summed E-state index contributed by atoms with van der Waals surface area (Å²) in [4.78, 5) is 4.52. The van der Waals surface area contributed by atoms with Gasteiger partial charge in [0.2, 0.25) is 0 Å². The molecule has 1 heterocycles. The lowest BCUT2D eigenvalue weighted by Gasteiger charge is -2.09. The summed E-state index contributed by atoms with van der Waals surface area (Å²) in [7, 11) is -3.69. The van der Waals surface area contributed by atoms with Gasteiger partial charge < -0.3 is 0 Å². The Morgan fingerprint density at radius 1 is 1.05 bits per heavy atom. The predicted molar refractivity (Wildman–Crippen MR) is 83.2 cm³/mol. The molecule has 0 atom stereocenters. The molecule has 0 N–H and O–H groups in total. The molecule has 3 rings (SSSR count). The van der Waals surface area contributed by atoms with Gasteiger partial charge in [0, 0.05) is 5.02 Å². The highest BCUT2D eigenvalue weighted by molar-refractivity contribution is 7.90. The maximum absolute atomic E-state index is 12.8. The molecule has 3 aromatic rings. The number of nitrogens with zero attached hydrogens (tertiary/aromatic N) is 2. The first kappa shape index (κ1) is 14.1. The van der Waals surface area contributed by atoms with E-state index in [-0.39, 0.29) is 4.90 Å². The van der Waals surface area contributed by atoms with Crippen LogP contribution in [0.2, 0.25) is 5.02 Å². The fourth-order valence-corrected chi connectivity index (χ4v) is 3.92. The Morgan fingerprint density at radius 2 is 1.71 bits per heavy atom. The first-order valence-electron chi connectivity index (χ1n) is 6.36. The van der Waals surface area contributed by atoms with E-state index in [1.54, 1.807) is 49.4 Å². The van der Waals surface area contributed by atoms with Crippen molar-refractivity contribution in [2.75, 3.05) is 0 Å². The van der Waals surface area contributed by atoms with Gasteiger partial charge in [0.25, 0.3) is 10.0 Å². The van der Waals surface area contributed by atoms with Crippen LogP contribution >= 0.6 is 11.6 Å². The molecule has 0 saturated carbocycles. The summed E-state index contributed by atoms with van der Waals surface area (Å²) in [6.45, 7) is 3.58. The van der Waals surface area contributed by atoms with Crippen molar-refractivity contribution in [1.82, 2.24) is 8.96 Å². The van der Waals surface area contributed by atoms with Crippen LogP contribution in [0.1, 0.15) is 11.4 Å². The number of aromatic nitrogens is 2. The Kier molecular flexibility index (Phi) is 3.26. The summed E-state index contributed by atoms with van der Waals surface area (Å²) in [6, 6.07) is 11.8. The molecule has 0 amide bonds. The highest BCUT2D eigenvalue weighted by Crippen LogP contribution is 2.25. The summed E-state index contributed by atoms with van der Waals surface area (Å²) < 4.78 is 26.9. The first-order chi connectivity index (χ1) is 9.89. The molecule has 1 aromatic heterocycles. The third-order valence-electron chi connectivity index (χ3n) is 3.29. The molecule has 0 saturated heterocycles. The van der Waals surface area contributed by atoms with Gasteiger partial charge in [-0.1, -0.05) is 29.3 Å². The van der Waals surface area contributed by atoms with Gasteiger partial charge in [-0.2, -0.15) is 0 Å². The summed E-state index contributed by atoms with van der Waals surface area (Å²) in [5.74, 6) is 0.410. The van der Waals surface area contributed by atoms with E-state index in [1.807, 2.05) is 6.92 Å². The largest absolute Gasteiger partial charge is 0.269 e. The van der Waals surface area contributed by atoms with Gasteiger partial charge in [0.15, 0.2) is 0 Å². The zero-order valence-corrected chi connectivity index (χ0v) is 13.1. The number of aryl methyl sites for hydroxylation is 2. The van der Waals surface area contributed by atoms with Crippen molar-refractivity contribution in [3.8, 4) is 0 Å². The number of rotatable bonds is 2. The maximum Gasteiger partial charge on any atom is 0.269 e. The average Bonchev–Trinajstić information content (AvgIpc) is 2.75. The fourth-order valence-electron chi connectivity index (χ4n) is 2.27. The lowest BCUT2D eigenvalue weighted by molar-refractivity contribution is 0.587. The molecule has 108 valence electrons. The Hall–Kier alpha value is -1.85. The molecule has 0 aliphatic carbocycles. The van der Waals surface area contributed by atoms with E-state index in [0.29, 0.717) is 21.9 Å². The molecule has 0 spiro atoms. The molecule has 0 fully saturated rings. The monoisotopic (exact) mass is 320 g/mol. The summed E-state index contributed by atoms with van der Waals surface area (Å²) >= 11 is 5.98. The first-order valence-corrected chi connectivity index (χ1v) is 8.18. The van der Waals surface area contributed by atoms with Crippen LogP contribution in [0, 0.1) is 13.8 Å². The summed E-state index contributed by atoms with van der Waals surface area (Å²) in [5, 5.41) is 0.475. The quantitative estimate of drug-likeness (QED) is 0.725. The number of hydrogen-bond donors (Lipinski definition) is 0. The van der Waals surface area contributed by atoms with Crippen molar-refractivity contribution >= 4 is 32.7 Å². The van der Waals surface area contributed by atoms with Gasteiger partial charge in [0.1, 0.15) is 5.82 Å². The van der Waals surface area contributed by atoms with Crippen molar-refractivity contribution in [3.05, 3.63) is 58.9 Å². The fraction of sp³-hybridized carbons (Fsp3) is 0.133. The van der Waals surface area contributed by atoms with Crippen LogP contribution in [-0.2, 0) is 10.0 Å². The molecule has 6 heteroatoms. The molecule has 0 unspecified atom stereocenters. The van der Waals surface area contributed by atoms with Crippen LogP contribution < -0.4 is 0 Å². The molecule has 0 radical (unpaired) electrons. The molecule has 4 nitrogen and oxygen atoms in total. The molecular formula is C15H13ClN2O2S. The standard InChI is InChI=1S/C15H13ClN2O2S/c1-10-3-6-13(7-4-10)21(19,20)18-11(2)17-14-8-5-12(16)9-15(14)18/h3-9H,1-2H3. The maximum atomic E-state index is 12.8. The smallest absolute Gasteiger partial charge is 0.232 e. The van der Waals surface area contributed by atoms with Crippen LogP contribution in [0.15, 0.2) is 47.4 Å². The SMILES string of the molecule is Cc1ccc(S(=O)(=O)n2c(C)nc3ccc(Cl)cc32)cc1. The van der Waals surface area contributed by atoms with E-state index >= 15 is 0 Å². The van der Waals surface area contributed by atoms with Gasteiger partial charge in [0.05, 0.1) is 15.9 Å². The molecule has 0 aliphatic rings. The number of imidazole rings is 1. The Balaban J connectivity index is 2.30.